The molecule has 0 spiro atoms. The first-order valence-electron chi connectivity index (χ1n) is 12.3. The van der Waals surface area contributed by atoms with Crippen molar-refractivity contribution in [1.82, 2.24) is 15.1 Å². The number of hydrogen-bond acceptors (Lipinski definition) is 5. The molecular formula is C27H31N3O4. The molecule has 0 aliphatic carbocycles. The Hall–Kier alpha value is -3.19. The molecule has 2 aromatic rings. The number of fused-ring (bicyclic) bond motifs is 1. The van der Waals surface area contributed by atoms with Crippen molar-refractivity contribution < 1.29 is 19.1 Å². The van der Waals surface area contributed by atoms with Crippen molar-refractivity contribution in [2.24, 2.45) is 0 Å². The number of nitrogens with zero attached hydrogens (tertiary/aromatic N) is 2. The number of carbonyl (C=O) groups excluding carboxylic acids is 3. The van der Waals surface area contributed by atoms with Gasteiger partial charge < -0.3 is 9.64 Å². The predicted octanol–water partition coefficient (Wildman–Crippen LogP) is 3.27. The van der Waals surface area contributed by atoms with Gasteiger partial charge >= 0.3 is 0 Å². The van der Waals surface area contributed by atoms with Crippen molar-refractivity contribution in [2.45, 2.75) is 70.3 Å². The first-order valence-corrected chi connectivity index (χ1v) is 12.3. The fraction of sp³-hybridized carbons (Fsp3) is 0.444. The fourth-order valence-electron chi connectivity index (χ4n) is 5.52. The topological polar surface area (TPSA) is 79.0 Å². The maximum absolute atomic E-state index is 13.0. The first-order chi connectivity index (χ1) is 16.5. The maximum Gasteiger partial charge on any atom is 0.255 e. The van der Waals surface area contributed by atoms with Crippen molar-refractivity contribution in [1.29, 1.82) is 0 Å². The molecule has 2 saturated heterocycles. The predicted molar refractivity (Wildman–Crippen MR) is 127 cm³/mol. The Morgan fingerprint density at radius 3 is 2.68 bits per heavy atom. The molecule has 3 aliphatic heterocycles. The highest BCUT2D eigenvalue weighted by molar-refractivity contribution is 6.05. The lowest BCUT2D eigenvalue weighted by atomic mass is 10.0. The largest absolute Gasteiger partial charge is 0.489 e. The van der Waals surface area contributed by atoms with Crippen LogP contribution in [0.15, 0.2) is 48.5 Å². The van der Waals surface area contributed by atoms with E-state index in [2.05, 4.69) is 41.4 Å². The summed E-state index contributed by atoms with van der Waals surface area (Å²) in [6.07, 6.45) is 3.85. The van der Waals surface area contributed by atoms with E-state index in [-0.39, 0.29) is 30.2 Å². The Bertz CT molecular complexity index is 1090. The molecule has 0 saturated carbocycles. The van der Waals surface area contributed by atoms with Gasteiger partial charge in [-0.05, 0) is 61.6 Å². The quantitative estimate of drug-likeness (QED) is 0.641. The highest BCUT2D eigenvalue weighted by Crippen LogP contribution is 2.32. The second-order valence-electron chi connectivity index (χ2n) is 9.45. The van der Waals surface area contributed by atoms with E-state index in [9.17, 15) is 14.4 Å². The van der Waals surface area contributed by atoms with Gasteiger partial charge in [-0.2, -0.15) is 0 Å². The molecule has 34 heavy (non-hydrogen) atoms. The van der Waals surface area contributed by atoms with Gasteiger partial charge in [0.2, 0.25) is 11.8 Å². The van der Waals surface area contributed by atoms with Crippen LogP contribution in [0.1, 0.15) is 60.5 Å². The zero-order valence-corrected chi connectivity index (χ0v) is 19.5. The fourth-order valence-corrected chi connectivity index (χ4v) is 5.52. The van der Waals surface area contributed by atoms with Gasteiger partial charge in [0, 0.05) is 31.1 Å². The van der Waals surface area contributed by atoms with E-state index in [1.165, 1.54) is 5.56 Å². The Morgan fingerprint density at radius 2 is 1.91 bits per heavy atom. The van der Waals surface area contributed by atoms with Crippen molar-refractivity contribution in [3.8, 4) is 5.75 Å². The molecule has 7 nitrogen and oxygen atoms in total. The minimum absolute atomic E-state index is 0.0626. The first kappa shape index (κ1) is 22.6. The number of ether oxygens (including phenoxy) is 1. The van der Waals surface area contributed by atoms with Crippen molar-refractivity contribution in [3.63, 3.8) is 0 Å². The van der Waals surface area contributed by atoms with Crippen LogP contribution in [-0.4, -0.2) is 52.3 Å². The third-order valence-electron chi connectivity index (χ3n) is 7.26. The van der Waals surface area contributed by atoms with E-state index in [0.717, 1.165) is 43.7 Å². The Labute approximate surface area is 200 Å². The number of piperidine rings is 1. The number of hydrogen-bond donors (Lipinski definition) is 1. The summed E-state index contributed by atoms with van der Waals surface area (Å²) in [5.41, 5.74) is 2.79. The van der Waals surface area contributed by atoms with Gasteiger partial charge in [0.1, 0.15) is 17.9 Å². The monoisotopic (exact) mass is 461 g/mol. The standard InChI is InChI=1S/C27H31N3O4/c1-2-24(22-9-6-14-29(22)16-18-7-4-3-5-8-18)34-20-10-11-21-19(15-20)17-30(27(21)33)23-12-13-25(31)28-26(23)32/h3-5,7-8,10-11,15,22-24H,2,6,9,12-14,16-17H2,1H3,(H,28,31,32)/t22-,23?,24?/m0/s1. The molecule has 2 aromatic carbocycles. The number of likely N-dealkylation sites (tertiary alicyclic amines) is 1. The minimum Gasteiger partial charge on any atom is -0.489 e. The van der Waals surface area contributed by atoms with E-state index in [1.54, 1.807) is 4.90 Å². The van der Waals surface area contributed by atoms with Crippen molar-refractivity contribution in [2.75, 3.05) is 6.54 Å². The number of nitrogens with one attached hydrogen (secondary N) is 1. The summed E-state index contributed by atoms with van der Waals surface area (Å²) in [6.45, 7) is 4.51. The molecule has 7 heteroatoms. The summed E-state index contributed by atoms with van der Waals surface area (Å²) < 4.78 is 6.50. The molecule has 0 radical (unpaired) electrons. The highest BCUT2D eigenvalue weighted by atomic mass is 16.5. The SMILES string of the molecule is CCC(Oc1ccc2c(c1)CN(C1CCC(=O)NC1=O)C2=O)[C@@H]1CCCN1Cc1ccccc1. The van der Waals surface area contributed by atoms with Crippen molar-refractivity contribution in [3.05, 3.63) is 65.2 Å². The van der Waals surface area contributed by atoms with Gasteiger partial charge in [-0.3, -0.25) is 24.6 Å². The van der Waals surface area contributed by atoms with E-state index in [0.29, 0.717) is 24.6 Å². The Balaban J connectivity index is 1.28. The van der Waals surface area contributed by atoms with Gasteiger partial charge in [-0.15, -0.1) is 0 Å². The van der Waals surface area contributed by atoms with Gasteiger partial charge in [0.25, 0.3) is 5.91 Å². The summed E-state index contributed by atoms with van der Waals surface area (Å²) in [6, 6.07) is 15.9. The zero-order chi connectivity index (χ0) is 23.7. The third-order valence-corrected chi connectivity index (χ3v) is 7.26. The molecule has 2 fully saturated rings. The highest BCUT2D eigenvalue weighted by Gasteiger charge is 2.39. The number of imide groups is 1. The molecule has 0 aromatic heterocycles. The molecule has 3 aliphatic rings. The van der Waals surface area contributed by atoms with Crippen LogP contribution < -0.4 is 10.1 Å². The zero-order valence-electron chi connectivity index (χ0n) is 19.5. The average molecular weight is 462 g/mol. The lowest BCUT2D eigenvalue weighted by molar-refractivity contribution is -0.136. The van der Waals surface area contributed by atoms with E-state index in [1.807, 2.05) is 24.3 Å². The van der Waals surface area contributed by atoms with Crippen LogP contribution in [0, 0.1) is 0 Å². The number of benzene rings is 2. The normalized spacial score (nSPS) is 23.7. The lowest BCUT2D eigenvalue weighted by Gasteiger charge is -2.31. The summed E-state index contributed by atoms with van der Waals surface area (Å²) in [4.78, 5) is 40.8. The van der Waals surface area contributed by atoms with Crippen LogP contribution in [-0.2, 0) is 22.7 Å². The summed E-state index contributed by atoms with van der Waals surface area (Å²) >= 11 is 0. The number of rotatable bonds is 7. The summed E-state index contributed by atoms with van der Waals surface area (Å²) in [5, 5.41) is 2.35. The van der Waals surface area contributed by atoms with Gasteiger partial charge in [0.05, 0.1) is 0 Å². The van der Waals surface area contributed by atoms with Crippen LogP contribution in [0.25, 0.3) is 0 Å². The smallest absolute Gasteiger partial charge is 0.255 e. The Morgan fingerprint density at radius 1 is 1.09 bits per heavy atom. The second-order valence-corrected chi connectivity index (χ2v) is 9.45. The second kappa shape index (κ2) is 9.58. The third kappa shape index (κ3) is 4.44. The van der Waals surface area contributed by atoms with Crippen LogP contribution in [0.4, 0.5) is 0 Å². The summed E-state index contributed by atoms with van der Waals surface area (Å²) in [7, 11) is 0. The molecule has 1 N–H and O–H groups in total. The van der Waals surface area contributed by atoms with Gasteiger partial charge in [0.15, 0.2) is 0 Å². The molecule has 3 atom stereocenters. The van der Waals surface area contributed by atoms with Crippen LogP contribution in [0.2, 0.25) is 0 Å². The Kier molecular flexibility index (Phi) is 6.37. The van der Waals surface area contributed by atoms with E-state index in [4.69, 9.17) is 4.74 Å². The van der Waals surface area contributed by atoms with E-state index < -0.39 is 6.04 Å². The van der Waals surface area contributed by atoms with Crippen LogP contribution in [0.5, 0.6) is 5.75 Å². The minimum atomic E-state index is -0.601. The van der Waals surface area contributed by atoms with Crippen LogP contribution >= 0.6 is 0 Å². The molecule has 0 bridgehead atoms. The molecule has 3 amide bonds. The number of carbonyl (C=O) groups is 3. The maximum atomic E-state index is 13.0. The van der Waals surface area contributed by atoms with Crippen molar-refractivity contribution >= 4 is 17.7 Å². The molecule has 178 valence electrons. The molecule has 5 rings (SSSR count). The number of amides is 3. The molecule has 3 heterocycles. The van der Waals surface area contributed by atoms with Crippen LogP contribution in [0.3, 0.4) is 0 Å². The lowest BCUT2D eigenvalue weighted by Crippen LogP contribution is -2.52. The molecular weight excluding hydrogens is 430 g/mol. The van der Waals surface area contributed by atoms with Gasteiger partial charge in [-0.1, -0.05) is 37.3 Å². The van der Waals surface area contributed by atoms with Gasteiger partial charge in [-0.25, -0.2) is 0 Å². The average Bonchev–Trinajstić information content (AvgIpc) is 3.42. The summed E-state index contributed by atoms with van der Waals surface area (Å²) in [5.74, 6) is -0.0670. The van der Waals surface area contributed by atoms with E-state index >= 15 is 0 Å². The molecule has 2 unspecified atom stereocenters.